The van der Waals surface area contributed by atoms with E-state index in [4.69, 9.17) is 38.3 Å². The standard InChI is InChI=1S/C24H19Cl2FN2O2/c1-24(2,12-30)11-20-21(28)18-10-17(13-3-5-14(25)6-4-13)22(29-23(18)31-20)16-8-7-15(27)9-19(16)26/h3-10,12H,11,28H2,1-2H3. The number of fused-ring (bicyclic) bond motifs is 1. The average molecular weight is 457 g/mol. The summed E-state index contributed by atoms with van der Waals surface area (Å²) in [6.07, 6.45) is 1.21. The Labute approximate surface area is 188 Å². The fraction of sp³-hybridized carbons (Fsp3) is 0.167. The number of hydrogen-bond acceptors (Lipinski definition) is 4. The maximum Gasteiger partial charge on any atom is 0.229 e. The Morgan fingerprint density at radius 3 is 2.45 bits per heavy atom. The van der Waals surface area contributed by atoms with Gasteiger partial charge in [0, 0.05) is 28.0 Å². The lowest BCUT2D eigenvalue weighted by Crippen LogP contribution is -2.16. The molecule has 0 radical (unpaired) electrons. The number of aldehydes is 1. The van der Waals surface area contributed by atoms with Gasteiger partial charge in [-0.2, -0.15) is 0 Å². The average Bonchev–Trinajstić information content (AvgIpc) is 3.02. The van der Waals surface area contributed by atoms with E-state index in [0.29, 0.717) is 45.2 Å². The summed E-state index contributed by atoms with van der Waals surface area (Å²) in [5.74, 6) is 0.0486. The highest BCUT2D eigenvalue weighted by molar-refractivity contribution is 6.33. The molecule has 0 atom stereocenters. The summed E-state index contributed by atoms with van der Waals surface area (Å²) in [6, 6.07) is 13.3. The summed E-state index contributed by atoms with van der Waals surface area (Å²) in [6.45, 7) is 3.62. The van der Waals surface area contributed by atoms with E-state index in [0.717, 1.165) is 17.4 Å². The summed E-state index contributed by atoms with van der Waals surface area (Å²) in [5, 5.41) is 1.45. The van der Waals surface area contributed by atoms with E-state index in [9.17, 15) is 9.18 Å². The van der Waals surface area contributed by atoms with Gasteiger partial charge in [-0.05, 0) is 42.0 Å². The maximum absolute atomic E-state index is 13.6. The molecule has 0 unspecified atom stereocenters. The number of nitrogens with two attached hydrogens (primary N) is 1. The second kappa shape index (κ2) is 7.98. The molecule has 2 N–H and O–H groups in total. The number of carbonyl (C=O) groups is 1. The second-order valence-electron chi connectivity index (χ2n) is 8.09. The van der Waals surface area contributed by atoms with Crippen molar-refractivity contribution in [1.29, 1.82) is 0 Å². The zero-order chi connectivity index (χ0) is 22.3. The molecule has 158 valence electrons. The Balaban J connectivity index is 1.98. The van der Waals surface area contributed by atoms with E-state index in [1.54, 1.807) is 18.2 Å². The molecule has 0 fully saturated rings. The highest BCUT2D eigenvalue weighted by atomic mass is 35.5. The summed E-state index contributed by atoms with van der Waals surface area (Å²) >= 11 is 12.4. The van der Waals surface area contributed by atoms with Crippen molar-refractivity contribution < 1.29 is 13.6 Å². The van der Waals surface area contributed by atoms with Gasteiger partial charge in [-0.15, -0.1) is 0 Å². The van der Waals surface area contributed by atoms with E-state index in [1.807, 2.05) is 32.0 Å². The number of furan rings is 1. The Kier molecular flexibility index (Phi) is 5.50. The molecule has 2 aromatic carbocycles. The number of carbonyl (C=O) groups excluding carboxylic acids is 1. The number of pyridine rings is 1. The van der Waals surface area contributed by atoms with Crippen molar-refractivity contribution in [3.05, 3.63) is 70.2 Å². The number of hydrogen-bond donors (Lipinski definition) is 1. The molecule has 2 aromatic heterocycles. The molecule has 4 rings (SSSR count). The minimum Gasteiger partial charge on any atom is -0.440 e. The van der Waals surface area contributed by atoms with Crippen molar-refractivity contribution >= 4 is 46.3 Å². The number of rotatable bonds is 5. The summed E-state index contributed by atoms with van der Waals surface area (Å²) in [4.78, 5) is 16.1. The topological polar surface area (TPSA) is 69.1 Å². The molecular formula is C24H19Cl2FN2O2. The second-order valence-corrected chi connectivity index (χ2v) is 8.93. The van der Waals surface area contributed by atoms with Crippen molar-refractivity contribution in [3.8, 4) is 22.4 Å². The summed E-state index contributed by atoms with van der Waals surface area (Å²) < 4.78 is 19.6. The molecule has 0 spiro atoms. The predicted octanol–water partition coefficient (Wildman–Crippen LogP) is 6.96. The SMILES string of the molecule is CC(C)(C=O)Cc1oc2nc(-c3ccc(F)cc3Cl)c(-c3ccc(Cl)cc3)cc2c1N. The number of nitrogen functional groups attached to an aromatic ring is 1. The van der Waals surface area contributed by atoms with Crippen LogP contribution in [0, 0.1) is 11.2 Å². The minimum atomic E-state index is -0.635. The first-order chi connectivity index (χ1) is 14.7. The van der Waals surface area contributed by atoms with E-state index >= 15 is 0 Å². The van der Waals surface area contributed by atoms with Crippen molar-refractivity contribution in [2.24, 2.45) is 5.41 Å². The molecule has 31 heavy (non-hydrogen) atoms. The molecular weight excluding hydrogens is 438 g/mol. The molecule has 0 aliphatic carbocycles. The fourth-order valence-electron chi connectivity index (χ4n) is 3.41. The largest absolute Gasteiger partial charge is 0.440 e. The van der Waals surface area contributed by atoms with Crippen LogP contribution < -0.4 is 5.73 Å². The van der Waals surface area contributed by atoms with Crippen LogP contribution in [0.4, 0.5) is 10.1 Å². The monoisotopic (exact) mass is 456 g/mol. The Hall–Kier alpha value is -2.89. The Morgan fingerprint density at radius 1 is 1.10 bits per heavy atom. The van der Waals surface area contributed by atoms with E-state index in [1.165, 1.54) is 12.1 Å². The molecule has 4 aromatic rings. The first-order valence-corrected chi connectivity index (χ1v) is 10.3. The van der Waals surface area contributed by atoms with Gasteiger partial charge in [0.05, 0.1) is 21.8 Å². The Morgan fingerprint density at radius 2 is 1.81 bits per heavy atom. The molecule has 0 saturated carbocycles. The van der Waals surface area contributed by atoms with Gasteiger partial charge in [0.1, 0.15) is 17.9 Å². The normalized spacial score (nSPS) is 11.8. The zero-order valence-electron chi connectivity index (χ0n) is 16.9. The number of anilines is 1. The Bertz CT molecular complexity index is 1300. The van der Waals surface area contributed by atoms with Gasteiger partial charge in [0.2, 0.25) is 5.71 Å². The molecule has 0 bridgehead atoms. The third kappa shape index (κ3) is 4.16. The molecule has 0 aliphatic rings. The number of nitrogens with zero attached hydrogens (tertiary/aromatic N) is 1. The lowest BCUT2D eigenvalue weighted by molar-refractivity contribution is -0.114. The summed E-state index contributed by atoms with van der Waals surface area (Å²) in [7, 11) is 0. The number of halogens is 3. The van der Waals surface area contributed by atoms with Gasteiger partial charge >= 0.3 is 0 Å². The van der Waals surface area contributed by atoms with Crippen LogP contribution in [-0.4, -0.2) is 11.3 Å². The van der Waals surface area contributed by atoms with Gasteiger partial charge in [0.25, 0.3) is 0 Å². The van der Waals surface area contributed by atoms with E-state index in [-0.39, 0.29) is 5.02 Å². The van der Waals surface area contributed by atoms with Gasteiger partial charge in [-0.25, -0.2) is 9.37 Å². The van der Waals surface area contributed by atoms with Gasteiger partial charge in [-0.1, -0.05) is 49.2 Å². The van der Waals surface area contributed by atoms with Crippen molar-refractivity contribution in [1.82, 2.24) is 4.98 Å². The highest BCUT2D eigenvalue weighted by Gasteiger charge is 2.25. The van der Waals surface area contributed by atoms with Crippen LogP contribution in [0.1, 0.15) is 19.6 Å². The third-order valence-corrected chi connectivity index (χ3v) is 5.64. The molecule has 0 amide bonds. The van der Waals surface area contributed by atoms with E-state index in [2.05, 4.69) is 0 Å². The smallest absolute Gasteiger partial charge is 0.229 e. The van der Waals surface area contributed by atoms with Crippen molar-refractivity contribution in [2.75, 3.05) is 5.73 Å². The first-order valence-electron chi connectivity index (χ1n) is 9.58. The molecule has 7 heteroatoms. The van der Waals surface area contributed by atoms with E-state index < -0.39 is 11.2 Å². The quantitative estimate of drug-likeness (QED) is 0.329. The molecule has 0 saturated heterocycles. The molecule has 4 nitrogen and oxygen atoms in total. The van der Waals surface area contributed by atoms with Crippen LogP contribution in [0.5, 0.6) is 0 Å². The number of aromatic nitrogens is 1. The fourth-order valence-corrected chi connectivity index (χ4v) is 3.79. The molecule has 2 heterocycles. The van der Waals surface area contributed by atoms with Crippen LogP contribution in [0.25, 0.3) is 33.5 Å². The minimum absolute atomic E-state index is 0.226. The van der Waals surface area contributed by atoms with Crippen LogP contribution in [0.3, 0.4) is 0 Å². The first kappa shape index (κ1) is 21.3. The summed E-state index contributed by atoms with van der Waals surface area (Å²) in [5.41, 5.74) is 9.14. The van der Waals surface area contributed by atoms with Gasteiger partial charge in [0.15, 0.2) is 0 Å². The lowest BCUT2D eigenvalue weighted by Gasteiger charge is -2.14. The maximum atomic E-state index is 13.6. The van der Waals surface area contributed by atoms with Crippen LogP contribution in [0.15, 0.2) is 52.9 Å². The predicted molar refractivity (Wildman–Crippen MR) is 123 cm³/mol. The zero-order valence-corrected chi connectivity index (χ0v) is 18.4. The van der Waals surface area contributed by atoms with Gasteiger partial charge < -0.3 is 14.9 Å². The van der Waals surface area contributed by atoms with Gasteiger partial charge in [-0.3, -0.25) is 0 Å². The number of benzene rings is 2. The molecule has 0 aliphatic heterocycles. The van der Waals surface area contributed by atoms with Crippen LogP contribution in [-0.2, 0) is 11.2 Å². The lowest BCUT2D eigenvalue weighted by atomic mass is 9.89. The van der Waals surface area contributed by atoms with Crippen LogP contribution in [0.2, 0.25) is 10.0 Å². The van der Waals surface area contributed by atoms with Crippen molar-refractivity contribution in [3.63, 3.8) is 0 Å². The third-order valence-electron chi connectivity index (χ3n) is 5.07. The highest BCUT2D eigenvalue weighted by Crippen LogP contribution is 2.40. The van der Waals surface area contributed by atoms with Crippen LogP contribution >= 0.6 is 23.2 Å². The van der Waals surface area contributed by atoms with Crippen molar-refractivity contribution in [2.45, 2.75) is 20.3 Å².